The minimum atomic E-state index is -4.55. The maximum atomic E-state index is 13.7. The summed E-state index contributed by atoms with van der Waals surface area (Å²) in [4.78, 5) is 4.16. The lowest BCUT2D eigenvalue weighted by atomic mass is 9.71. The summed E-state index contributed by atoms with van der Waals surface area (Å²) in [5.41, 5.74) is 5.59. The van der Waals surface area contributed by atoms with Gasteiger partial charge in [-0.15, -0.1) is 0 Å². The summed E-state index contributed by atoms with van der Waals surface area (Å²) in [7, 11) is 11.7. The predicted molar refractivity (Wildman–Crippen MR) is 109 cm³/mol. The zero-order chi connectivity index (χ0) is 19.5. The van der Waals surface area contributed by atoms with Gasteiger partial charge in [0.1, 0.15) is 7.85 Å². The Morgan fingerprint density at radius 3 is 2.31 bits per heavy atom. The highest BCUT2D eigenvalue weighted by molar-refractivity contribution is 8.04. The topological polar surface area (TPSA) is 43.8 Å². The number of nitrogens with zero attached hydrogens (tertiary/aromatic N) is 2. The van der Waals surface area contributed by atoms with Gasteiger partial charge in [-0.2, -0.15) is 51.1 Å². The Labute approximate surface area is 168 Å². The van der Waals surface area contributed by atoms with Crippen LogP contribution < -0.4 is 5.73 Å². The normalized spacial score (nSPS) is 23.7. The van der Waals surface area contributed by atoms with Crippen LogP contribution in [0.3, 0.4) is 0 Å². The van der Waals surface area contributed by atoms with E-state index in [1.807, 2.05) is 0 Å². The zero-order valence-corrected chi connectivity index (χ0v) is 16.3. The summed E-state index contributed by atoms with van der Waals surface area (Å²) in [5, 5.41) is 0. The van der Waals surface area contributed by atoms with Crippen LogP contribution in [0.4, 0.5) is 13.2 Å². The summed E-state index contributed by atoms with van der Waals surface area (Å²) < 4.78 is 39.8. The highest BCUT2D eigenvalue weighted by Gasteiger charge is 2.39. The molecule has 1 unspecified atom stereocenters. The molecule has 0 amide bonds. The second-order valence-electron chi connectivity index (χ2n) is 6.87. The molecule has 0 aliphatic heterocycles. The van der Waals surface area contributed by atoms with Crippen molar-refractivity contribution in [1.29, 1.82) is 0 Å². The average Bonchev–Trinajstić information content (AvgIpc) is 2.83. The number of fused-ring (bicyclic) bond motifs is 1. The Kier molecular flexibility index (Phi) is 5.17. The van der Waals surface area contributed by atoms with Crippen LogP contribution in [0.2, 0.25) is 0 Å². The van der Waals surface area contributed by atoms with E-state index >= 15 is 0 Å². The van der Waals surface area contributed by atoms with Crippen LogP contribution in [-0.2, 0) is 12.6 Å². The smallest absolute Gasteiger partial charge is 0.328 e. The third-order valence-electron chi connectivity index (χ3n) is 4.69. The molecule has 1 heterocycles. The number of hydrogen-bond acceptors (Lipinski definition) is 5. The average molecular weight is 413 g/mol. The monoisotopic (exact) mass is 413 g/mol. The van der Waals surface area contributed by atoms with E-state index in [1.165, 1.54) is 6.33 Å². The first-order chi connectivity index (χ1) is 11.8. The van der Waals surface area contributed by atoms with E-state index in [1.54, 1.807) is 10.6 Å². The molecule has 1 atom stereocenters. The molecular weight excluding hydrogens is 397 g/mol. The molecule has 3 rings (SSSR count). The highest BCUT2D eigenvalue weighted by Crippen LogP contribution is 2.41. The first-order valence-electron chi connectivity index (χ1n) is 7.87. The Hall–Kier alpha value is -0.380. The van der Waals surface area contributed by atoms with Crippen LogP contribution in [0, 0.1) is 0 Å². The molecule has 1 aromatic heterocycles. The summed E-state index contributed by atoms with van der Waals surface area (Å²) in [6.07, 6.45) is -1.93. The standard InChI is InChI=1S/C15H16B2F3N3S3/c16-13(24,15(17,25)26)5-7-1-10(14(18,19)20)12-11(2-7)22-6-23(12)9-3-8(21)4-9/h1-2,6,8-9,24-26H,3-5,21H2. The van der Waals surface area contributed by atoms with Gasteiger partial charge in [0.2, 0.25) is 0 Å². The quantitative estimate of drug-likeness (QED) is 0.354. The number of benzene rings is 1. The van der Waals surface area contributed by atoms with Gasteiger partial charge in [0.15, 0.2) is 0 Å². The van der Waals surface area contributed by atoms with Crippen molar-refractivity contribution in [3.05, 3.63) is 29.6 Å². The van der Waals surface area contributed by atoms with E-state index < -0.39 is 20.4 Å². The van der Waals surface area contributed by atoms with Crippen molar-refractivity contribution >= 4 is 64.6 Å². The van der Waals surface area contributed by atoms with Gasteiger partial charge in [0.25, 0.3) is 0 Å². The van der Waals surface area contributed by atoms with E-state index in [4.69, 9.17) is 21.4 Å². The zero-order valence-electron chi connectivity index (χ0n) is 13.6. The predicted octanol–water partition coefficient (Wildman–Crippen LogP) is 2.74. The molecule has 3 nitrogen and oxygen atoms in total. The Bertz CT molecular complexity index is 827. The summed E-state index contributed by atoms with van der Waals surface area (Å²) >= 11 is 12.4. The van der Waals surface area contributed by atoms with E-state index in [9.17, 15) is 13.2 Å². The Morgan fingerprint density at radius 1 is 1.19 bits per heavy atom. The van der Waals surface area contributed by atoms with Crippen molar-refractivity contribution in [2.24, 2.45) is 5.73 Å². The summed E-state index contributed by atoms with van der Waals surface area (Å²) in [5.74, 6) is 0. The van der Waals surface area contributed by atoms with Crippen LogP contribution in [0.25, 0.3) is 11.0 Å². The molecule has 0 bridgehead atoms. The minimum Gasteiger partial charge on any atom is -0.328 e. The lowest BCUT2D eigenvalue weighted by Crippen LogP contribution is -2.44. The molecule has 1 fully saturated rings. The van der Waals surface area contributed by atoms with Crippen LogP contribution in [0.5, 0.6) is 0 Å². The van der Waals surface area contributed by atoms with Crippen molar-refractivity contribution in [2.75, 3.05) is 0 Å². The lowest BCUT2D eigenvalue weighted by molar-refractivity contribution is -0.136. The number of hydrogen-bond donors (Lipinski definition) is 4. The van der Waals surface area contributed by atoms with Gasteiger partial charge in [-0.05, 0) is 41.6 Å². The maximum absolute atomic E-state index is 13.7. The molecular formula is C15H16B2F3N3S3. The Morgan fingerprint density at radius 2 is 1.81 bits per heavy atom. The fraction of sp³-hybridized carbons (Fsp3) is 0.533. The van der Waals surface area contributed by atoms with Crippen molar-refractivity contribution in [3.63, 3.8) is 0 Å². The molecule has 4 radical (unpaired) electrons. The highest BCUT2D eigenvalue weighted by atomic mass is 32.2. The second-order valence-corrected chi connectivity index (χ2v) is 9.43. The van der Waals surface area contributed by atoms with Gasteiger partial charge in [-0.3, -0.25) is 0 Å². The molecule has 136 valence electrons. The molecule has 11 heteroatoms. The van der Waals surface area contributed by atoms with Crippen LogP contribution in [0.15, 0.2) is 18.5 Å². The van der Waals surface area contributed by atoms with Crippen molar-refractivity contribution in [3.8, 4) is 0 Å². The largest absolute Gasteiger partial charge is 0.418 e. The summed E-state index contributed by atoms with van der Waals surface area (Å²) in [6, 6.07) is 2.55. The van der Waals surface area contributed by atoms with E-state index in [0.717, 1.165) is 6.07 Å². The van der Waals surface area contributed by atoms with Gasteiger partial charge in [-0.1, -0.05) is 0 Å². The molecule has 1 aliphatic rings. The van der Waals surface area contributed by atoms with E-state index in [-0.39, 0.29) is 29.5 Å². The number of thiol groups is 3. The Balaban J connectivity index is 2.09. The van der Waals surface area contributed by atoms with Gasteiger partial charge in [0, 0.05) is 16.1 Å². The first kappa shape index (κ1) is 20.4. The fourth-order valence-electron chi connectivity index (χ4n) is 3.12. The van der Waals surface area contributed by atoms with Crippen molar-refractivity contribution < 1.29 is 13.2 Å². The van der Waals surface area contributed by atoms with Gasteiger partial charge < -0.3 is 10.3 Å². The maximum Gasteiger partial charge on any atom is 0.418 e. The number of alkyl halides is 3. The van der Waals surface area contributed by atoms with Crippen LogP contribution >= 0.6 is 37.9 Å². The first-order valence-corrected chi connectivity index (χ1v) is 9.21. The van der Waals surface area contributed by atoms with Crippen LogP contribution in [0.1, 0.15) is 30.0 Å². The molecule has 0 spiro atoms. The number of nitrogens with two attached hydrogens (primary N) is 1. The molecule has 2 aromatic rings. The van der Waals surface area contributed by atoms with Gasteiger partial charge >= 0.3 is 6.18 Å². The molecule has 0 saturated heterocycles. The lowest BCUT2D eigenvalue weighted by Gasteiger charge is -2.37. The summed E-state index contributed by atoms with van der Waals surface area (Å²) in [6.45, 7) is 0. The second kappa shape index (κ2) is 6.60. The third-order valence-corrected chi connectivity index (χ3v) is 6.35. The van der Waals surface area contributed by atoms with Crippen molar-refractivity contribution in [2.45, 2.75) is 46.1 Å². The number of aromatic nitrogens is 2. The van der Waals surface area contributed by atoms with Gasteiger partial charge in [0.05, 0.1) is 30.8 Å². The number of rotatable bonds is 4. The van der Waals surface area contributed by atoms with E-state index in [2.05, 4.69) is 42.9 Å². The molecule has 2 N–H and O–H groups in total. The van der Waals surface area contributed by atoms with Crippen molar-refractivity contribution in [1.82, 2.24) is 9.55 Å². The third kappa shape index (κ3) is 3.77. The molecule has 1 aromatic carbocycles. The number of halogens is 3. The molecule has 1 aliphatic carbocycles. The minimum absolute atomic E-state index is 0.0107. The SMILES string of the molecule is [B]C(S)(S)C([B])(S)Cc1cc(C(F)(F)F)c2c(c1)ncn2C1CC(N)C1. The van der Waals surface area contributed by atoms with Gasteiger partial charge in [-0.25, -0.2) is 4.98 Å². The molecule has 26 heavy (non-hydrogen) atoms. The van der Waals surface area contributed by atoms with Crippen LogP contribution in [-0.4, -0.2) is 39.9 Å². The molecule has 1 saturated carbocycles. The fourth-order valence-corrected chi connectivity index (χ4v) is 3.46. The number of imidazole rings is 1. The van der Waals surface area contributed by atoms with E-state index in [0.29, 0.717) is 18.4 Å².